The molecule has 1 aliphatic rings. The molecule has 1 aromatic heterocycles. The van der Waals surface area contributed by atoms with Crippen molar-refractivity contribution in [2.24, 2.45) is 0 Å². The highest BCUT2D eigenvalue weighted by atomic mass is 79.9. The SMILES string of the molecule is CCNc1nc(C2CCCO2)nc(CC)c1Br. The van der Waals surface area contributed by atoms with E-state index in [1.54, 1.807) is 0 Å². The van der Waals surface area contributed by atoms with Gasteiger partial charge in [-0.15, -0.1) is 0 Å². The van der Waals surface area contributed by atoms with Crippen molar-refractivity contribution >= 4 is 21.7 Å². The molecule has 0 saturated carbocycles. The second-order valence-corrected chi connectivity index (χ2v) is 4.87. The van der Waals surface area contributed by atoms with Gasteiger partial charge in [0.25, 0.3) is 0 Å². The lowest BCUT2D eigenvalue weighted by Gasteiger charge is -2.14. The van der Waals surface area contributed by atoms with Gasteiger partial charge >= 0.3 is 0 Å². The molecule has 1 fully saturated rings. The van der Waals surface area contributed by atoms with Gasteiger partial charge in [0.05, 0.1) is 10.2 Å². The van der Waals surface area contributed by atoms with E-state index in [-0.39, 0.29) is 6.10 Å². The molecule has 5 heteroatoms. The number of rotatable bonds is 4. The molecule has 2 rings (SSSR count). The van der Waals surface area contributed by atoms with Crippen LogP contribution in [0.15, 0.2) is 4.47 Å². The zero-order valence-electron chi connectivity index (χ0n) is 10.3. The summed E-state index contributed by atoms with van der Waals surface area (Å²) in [6, 6.07) is 0. The maximum Gasteiger partial charge on any atom is 0.159 e. The molecule has 1 atom stereocenters. The first-order valence-corrected chi connectivity index (χ1v) is 6.97. The number of hydrogen-bond donors (Lipinski definition) is 1. The molecule has 0 aliphatic carbocycles. The Morgan fingerprint density at radius 3 is 2.82 bits per heavy atom. The second kappa shape index (κ2) is 5.78. The van der Waals surface area contributed by atoms with Gasteiger partial charge in [0.15, 0.2) is 5.82 Å². The minimum Gasteiger partial charge on any atom is -0.370 e. The van der Waals surface area contributed by atoms with Crippen LogP contribution in [0.3, 0.4) is 0 Å². The summed E-state index contributed by atoms with van der Waals surface area (Å²) in [6.07, 6.45) is 3.09. The van der Waals surface area contributed by atoms with Gasteiger partial charge in [0.2, 0.25) is 0 Å². The Kier molecular flexibility index (Phi) is 4.34. The molecule has 0 amide bonds. The fourth-order valence-corrected chi connectivity index (χ4v) is 2.55. The monoisotopic (exact) mass is 299 g/mol. The smallest absolute Gasteiger partial charge is 0.159 e. The third-order valence-corrected chi connectivity index (χ3v) is 3.67. The fraction of sp³-hybridized carbons (Fsp3) is 0.667. The number of nitrogens with zero attached hydrogens (tertiary/aromatic N) is 2. The minimum absolute atomic E-state index is 0.0748. The van der Waals surface area contributed by atoms with Gasteiger partial charge in [-0.2, -0.15) is 0 Å². The Hall–Kier alpha value is -0.680. The fourth-order valence-electron chi connectivity index (χ4n) is 1.96. The van der Waals surface area contributed by atoms with Gasteiger partial charge in [-0.25, -0.2) is 9.97 Å². The summed E-state index contributed by atoms with van der Waals surface area (Å²) < 4.78 is 6.62. The van der Waals surface area contributed by atoms with Gasteiger partial charge in [-0.3, -0.25) is 0 Å². The van der Waals surface area contributed by atoms with Crippen LogP contribution < -0.4 is 5.32 Å². The summed E-state index contributed by atoms with van der Waals surface area (Å²) in [6.45, 7) is 5.83. The normalized spacial score (nSPS) is 19.6. The molecular weight excluding hydrogens is 282 g/mol. The maximum absolute atomic E-state index is 5.64. The van der Waals surface area contributed by atoms with E-state index in [0.717, 1.165) is 54.2 Å². The molecule has 2 heterocycles. The third-order valence-electron chi connectivity index (χ3n) is 2.83. The topological polar surface area (TPSA) is 47.0 Å². The number of aromatic nitrogens is 2. The standard InChI is InChI=1S/C12H18BrN3O/c1-3-8-10(13)12(14-4-2)16-11(15-8)9-6-5-7-17-9/h9H,3-7H2,1-2H3,(H,14,15,16). The van der Waals surface area contributed by atoms with Crippen molar-refractivity contribution in [1.29, 1.82) is 0 Å². The van der Waals surface area contributed by atoms with Crippen LogP contribution in [0, 0.1) is 0 Å². The summed E-state index contributed by atoms with van der Waals surface area (Å²) >= 11 is 3.56. The highest BCUT2D eigenvalue weighted by Gasteiger charge is 2.22. The maximum atomic E-state index is 5.64. The minimum atomic E-state index is 0.0748. The number of ether oxygens (including phenoxy) is 1. The molecule has 1 N–H and O–H groups in total. The molecule has 94 valence electrons. The molecule has 4 nitrogen and oxygen atoms in total. The van der Waals surface area contributed by atoms with E-state index in [1.165, 1.54) is 0 Å². The molecule has 1 aliphatic heterocycles. The van der Waals surface area contributed by atoms with Crippen LogP contribution in [-0.4, -0.2) is 23.1 Å². The largest absolute Gasteiger partial charge is 0.370 e. The summed E-state index contributed by atoms with van der Waals surface area (Å²) in [7, 11) is 0. The average Bonchev–Trinajstić information content (AvgIpc) is 2.85. The van der Waals surface area contributed by atoms with Crippen LogP contribution in [-0.2, 0) is 11.2 Å². The Balaban J connectivity index is 2.35. The summed E-state index contributed by atoms with van der Waals surface area (Å²) in [4.78, 5) is 9.15. The summed E-state index contributed by atoms with van der Waals surface area (Å²) in [5.74, 6) is 1.70. The van der Waals surface area contributed by atoms with Crippen molar-refractivity contribution in [3.63, 3.8) is 0 Å². The van der Waals surface area contributed by atoms with Crippen LogP contribution in [0.5, 0.6) is 0 Å². The first-order valence-electron chi connectivity index (χ1n) is 6.18. The van der Waals surface area contributed by atoms with Crippen LogP contribution in [0.1, 0.15) is 44.3 Å². The van der Waals surface area contributed by atoms with Gasteiger partial charge in [0.1, 0.15) is 11.9 Å². The second-order valence-electron chi connectivity index (χ2n) is 4.08. The molecule has 1 unspecified atom stereocenters. The highest BCUT2D eigenvalue weighted by Crippen LogP contribution is 2.30. The van der Waals surface area contributed by atoms with E-state index < -0.39 is 0 Å². The van der Waals surface area contributed by atoms with E-state index >= 15 is 0 Å². The number of halogens is 1. The van der Waals surface area contributed by atoms with Crippen LogP contribution in [0.2, 0.25) is 0 Å². The van der Waals surface area contributed by atoms with Crippen molar-refractivity contribution in [3.8, 4) is 0 Å². The molecule has 0 bridgehead atoms. The van der Waals surface area contributed by atoms with Crippen molar-refractivity contribution in [2.45, 2.75) is 39.2 Å². The Labute approximate surface area is 110 Å². The lowest BCUT2D eigenvalue weighted by Crippen LogP contribution is -2.10. The Morgan fingerprint density at radius 2 is 2.24 bits per heavy atom. The van der Waals surface area contributed by atoms with E-state index in [9.17, 15) is 0 Å². The molecule has 0 radical (unpaired) electrons. The highest BCUT2D eigenvalue weighted by molar-refractivity contribution is 9.10. The predicted octanol–water partition coefficient (Wildman–Crippen LogP) is 3.08. The average molecular weight is 300 g/mol. The van der Waals surface area contributed by atoms with Crippen molar-refractivity contribution < 1.29 is 4.74 Å². The number of nitrogens with one attached hydrogen (secondary N) is 1. The first-order chi connectivity index (χ1) is 8.26. The zero-order chi connectivity index (χ0) is 12.3. The lowest BCUT2D eigenvalue weighted by atomic mass is 10.2. The van der Waals surface area contributed by atoms with Crippen molar-refractivity contribution in [3.05, 3.63) is 16.0 Å². The van der Waals surface area contributed by atoms with Gasteiger partial charge in [-0.05, 0) is 42.1 Å². The quantitative estimate of drug-likeness (QED) is 0.928. The van der Waals surface area contributed by atoms with E-state index in [1.807, 2.05) is 0 Å². The van der Waals surface area contributed by atoms with Gasteiger partial charge in [0, 0.05) is 13.2 Å². The third kappa shape index (κ3) is 2.77. The van der Waals surface area contributed by atoms with Gasteiger partial charge < -0.3 is 10.1 Å². The predicted molar refractivity (Wildman–Crippen MR) is 71.2 cm³/mol. The summed E-state index contributed by atoms with van der Waals surface area (Å²) in [5, 5.41) is 3.26. The van der Waals surface area contributed by atoms with E-state index in [4.69, 9.17) is 4.74 Å². The van der Waals surface area contributed by atoms with Crippen LogP contribution >= 0.6 is 15.9 Å². The molecule has 1 aromatic rings. The number of hydrogen-bond acceptors (Lipinski definition) is 4. The zero-order valence-corrected chi connectivity index (χ0v) is 11.9. The van der Waals surface area contributed by atoms with E-state index in [0.29, 0.717) is 0 Å². The van der Waals surface area contributed by atoms with Crippen LogP contribution in [0.25, 0.3) is 0 Å². The molecule has 1 saturated heterocycles. The lowest BCUT2D eigenvalue weighted by molar-refractivity contribution is 0.105. The molecule has 0 spiro atoms. The summed E-state index contributed by atoms with van der Waals surface area (Å²) in [5.41, 5.74) is 1.04. The van der Waals surface area contributed by atoms with Crippen molar-refractivity contribution in [2.75, 3.05) is 18.5 Å². The van der Waals surface area contributed by atoms with Gasteiger partial charge in [-0.1, -0.05) is 6.92 Å². The Bertz CT molecular complexity index is 392. The Morgan fingerprint density at radius 1 is 1.41 bits per heavy atom. The van der Waals surface area contributed by atoms with E-state index in [2.05, 4.69) is 45.1 Å². The molecular formula is C12H18BrN3O. The molecule has 17 heavy (non-hydrogen) atoms. The first kappa shape index (κ1) is 12.8. The molecule has 0 aromatic carbocycles. The van der Waals surface area contributed by atoms with Crippen LogP contribution in [0.4, 0.5) is 5.82 Å². The number of anilines is 1. The number of aryl methyl sites for hydroxylation is 1. The van der Waals surface area contributed by atoms with Crippen molar-refractivity contribution in [1.82, 2.24) is 9.97 Å².